The van der Waals surface area contributed by atoms with Gasteiger partial charge in [-0.25, -0.2) is 9.97 Å². The van der Waals surface area contributed by atoms with Crippen molar-refractivity contribution in [3.05, 3.63) is 59.9 Å². The minimum atomic E-state index is 0.563. The zero-order chi connectivity index (χ0) is 18.6. The van der Waals surface area contributed by atoms with Gasteiger partial charge in [0.25, 0.3) is 0 Å². The quantitative estimate of drug-likeness (QED) is 0.691. The highest BCUT2D eigenvalue weighted by atomic mass is 16.6. The molecule has 0 bridgehead atoms. The Balaban J connectivity index is 1.57. The van der Waals surface area contributed by atoms with Gasteiger partial charge in [-0.1, -0.05) is 25.1 Å². The Morgan fingerprint density at radius 1 is 0.889 bits per heavy atom. The van der Waals surface area contributed by atoms with Gasteiger partial charge in [0.1, 0.15) is 30.7 Å². The summed E-state index contributed by atoms with van der Waals surface area (Å²) in [6, 6.07) is 15.9. The Kier molecular flexibility index (Phi) is 4.78. The Morgan fingerprint density at radius 2 is 1.63 bits per heavy atom. The molecule has 2 aromatic carbocycles. The molecule has 0 unspecified atom stereocenters. The molecule has 2 heterocycles. The van der Waals surface area contributed by atoms with Crippen molar-refractivity contribution in [1.29, 1.82) is 0 Å². The maximum absolute atomic E-state index is 5.64. The van der Waals surface area contributed by atoms with Crippen LogP contribution in [-0.4, -0.2) is 23.2 Å². The standard InChI is InChI=1S/C21H22N4O2/c1-3-15-6-4-5-7-17(15)25-21-13-20(22-14(2)23-21)24-16-8-9-18-19(12-16)27-11-10-26-18/h4-9,12-13H,3,10-11H2,1-2H3,(H2,22,23,24,25). The van der Waals surface area contributed by atoms with Gasteiger partial charge in [-0.3, -0.25) is 0 Å². The predicted octanol–water partition coefficient (Wildman–Crippen LogP) is 4.61. The first kappa shape index (κ1) is 17.1. The zero-order valence-corrected chi connectivity index (χ0v) is 15.5. The van der Waals surface area contributed by atoms with E-state index in [1.54, 1.807) is 0 Å². The van der Waals surface area contributed by atoms with E-state index >= 15 is 0 Å². The Bertz CT molecular complexity index is 959. The Morgan fingerprint density at radius 3 is 2.44 bits per heavy atom. The lowest BCUT2D eigenvalue weighted by molar-refractivity contribution is 0.171. The number of para-hydroxylation sites is 1. The summed E-state index contributed by atoms with van der Waals surface area (Å²) in [5.74, 6) is 3.67. The second kappa shape index (κ2) is 7.53. The fourth-order valence-electron chi connectivity index (χ4n) is 3.05. The van der Waals surface area contributed by atoms with E-state index in [4.69, 9.17) is 9.47 Å². The second-order valence-corrected chi connectivity index (χ2v) is 6.30. The lowest BCUT2D eigenvalue weighted by Gasteiger charge is -2.19. The SMILES string of the molecule is CCc1ccccc1Nc1cc(Nc2ccc3c(c2)OCCO3)nc(C)n1. The first-order chi connectivity index (χ1) is 13.2. The highest BCUT2D eigenvalue weighted by molar-refractivity contribution is 5.66. The van der Waals surface area contributed by atoms with Crippen molar-refractivity contribution in [3.63, 3.8) is 0 Å². The number of fused-ring (bicyclic) bond motifs is 1. The molecule has 0 fully saturated rings. The van der Waals surface area contributed by atoms with Gasteiger partial charge >= 0.3 is 0 Å². The average Bonchev–Trinajstić information content (AvgIpc) is 2.68. The first-order valence-electron chi connectivity index (χ1n) is 9.08. The molecule has 27 heavy (non-hydrogen) atoms. The van der Waals surface area contributed by atoms with Gasteiger partial charge in [0.05, 0.1) is 0 Å². The minimum absolute atomic E-state index is 0.563. The van der Waals surface area contributed by atoms with Crippen LogP contribution in [0.5, 0.6) is 11.5 Å². The largest absolute Gasteiger partial charge is 0.486 e. The molecular weight excluding hydrogens is 340 g/mol. The van der Waals surface area contributed by atoms with Crippen LogP contribution in [0.2, 0.25) is 0 Å². The molecule has 138 valence electrons. The van der Waals surface area contributed by atoms with Crippen molar-refractivity contribution in [2.24, 2.45) is 0 Å². The summed E-state index contributed by atoms with van der Waals surface area (Å²) in [4.78, 5) is 9.00. The summed E-state index contributed by atoms with van der Waals surface area (Å²) in [6.07, 6.45) is 0.954. The summed E-state index contributed by atoms with van der Waals surface area (Å²) < 4.78 is 11.2. The number of anilines is 4. The molecule has 1 aromatic heterocycles. The molecule has 0 atom stereocenters. The van der Waals surface area contributed by atoms with E-state index in [-0.39, 0.29) is 0 Å². The van der Waals surface area contributed by atoms with E-state index in [2.05, 4.69) is 39.7 Å². The van der Waals surface area contributed by atoms with Crippen LogP contribution in [0.25, 0.3) is 0 Å². The van der Waals surface area contributed by atoms with Crippen molar-refractivity contribution >= 4 is 23.0 Å². The monoisotopic (exact) mass is 362 g/mol. The number of aromatic nitrogens is 2. The molecule has 3 aromatic rings. The zero-order valence-electron chi connectivity index (χ0n) is 15.5. The van der Waals surface area contributed by atoms with Crippen LogP contribution in [-0.2, 0) is 6.42 Å². The maximum atomic E-state index is 5.64. The summed E-state index contributed by atoms with van der Waals surface area (Å²) in [5, 5.41) is 6.73. The van der Waals surface area contributed by atoms with E-state index in [9.17, 15) is 0 Å². The number of nitrogens with one attached hydrogen (secondary N) is 2. The summed E-state index contributed by atoms with van der Waals surface area (Å²) in [7, 11) is 0. The van der Waals surface area contributed by atoms with E-state index in [0.717, 1.165) is 40.9 Å². The van der Waals surface area contributed by atoms with Crippen molar-refractivity contribution in [2.75, 3.05) is 23.8 Å². The van der Waals surface area contributed by atoms with Gasteiger partial charge in [0.2, 0.25) is 0 Å². The lowest BCUT2D eigenvalue weighted by atomic mass is 10.1. The average molecular weight is 362 g/mol. The Hall–Kier alpha value is -3.28. The van der Waals surface area contributed by atoms with Crippen LogP contribution in [0, 0.1) is 6.92 Å². The van der Waals surface area contributed by atoms with E-state index in [1.165, 1.54) is 5.56 Å². The number of rotatable bonds is 5. The van der Waals surface area contributed by atoms with Crippen molar-refractivity contribution in [3.8, 4) is 11.5 Å². The number of benzene rings is 2. The van der Waals surface area contributed by atoms with Crippen molar-refractivity contribution < 1.29 is 9.47 Å². The van der Waals surface area contributed by atoms with Gasteiger partial charge in [0, 0.05) is 23.5 Å². The third-order valence-corrected chi connectivity index (χ3v) is 4.31. The molecule has 0 saturated heterocycles. The van der Waals surface area contributed by atoms with Crippen LogP contribution < -0.4 is 20.1 Å². The number of nitrogens with zero attached hydrogens (tertiary/aromatic N) is 2. The molecule has 4 rings (SSSR count). The number of aryl methyl sites for hydroxylation is 2. The first-order valence-corrected chi connectivity index (χ1v) is 9.08. The van der Waals surface area contributed by atoms with Crippen molar-refractivity contribution in [2.45, 2.75) is 20.3 Å². The fraction of sp³-hybridized carbons (Fsp3) is 0.238. The maximum Gasteiger partial charge on any atom is 0.163 e. The third kappa shape index (κ3) is 3.95. The van der Waals surface area contributed by atoms with Crippen LogP contribution >= 0.6 is 0 Å². The summed E-state index contributed by atoms with van der Waals surface area (Å²) in [5.41, 5.74) is 3.19. The molecule has 0 saturated carbocycles. The van der Waals surface area contributed by atoms with Gasteiger partial charge in [0.15, 0.2) is 11.5 Å². The molecule has 0 amide bonds. The number of hydrogen-bond donors (Lipinski definition) is 2. The fourth-order valence-corrected chi connectivity index (χ4v) is 3.05. The van der Waals surface area contributed by atoms with Gasteiger partial charge in [-0.05, 0) is 37.1 Å². The molecule has 0 radical (unpaired) electrons. The van der Waals surface area contributed by atoms with Crippen LogP contribution in [0.4, 0.5) is 23.0 Å². The highest BCUT2D eigenvalue weighted by Crippen LogP contribution is 2.33. The molecule has 2 N–H and O–H groups in total. The van der Waals surface area contributed by atoms with E-state index < -0.39 is 0 Å². The molecular formula is C21H22N4O2. The highest BCUT2D eigenvalue weighted by Gasteiger charge is 2.12. The predicted molar refractivity (Wildman–Crippen MR) is 107 cm³/mol. The molecule has 1 aliphatic rings. The third-order valence-electron chi connectivity index (χ3n) is 4.31. The molecule has 6 nitrogen and oxygen atoms in total. The van der Waals surface area contributed by atoms with E-state index in [0.29, 0.717) is 19.0 Å². The Labute approximate surface area is 158 Å². The smallest absolute Gasteiger partial charge is 0.163 e. The van der Waals surface area contributed by atoms with Gasteiger partial charge < -0.3 is 20.1 Å². The topological polar surface area (TPSA) is 68.3 Å². The normalized spacial score (nSPS) is 12.5. The molecule has 0 spiro atoms. The van der Waals surface area contributed by atoms with Gasteiger partial charge in [-0.15, -0.1) is 0 Å². The number of hydrogen-bond acceptors (Lipinski definition) is 6. The van der Waals surface area contributed by atoms with Crippen molar-refractivity contribution in [1.82, 2.24) is 9.97 Å². The number of ether oxygens (including phenoxy) is 2. The van der Waals surface area contributed by atoms with Crippen LogP contribution in [0.3, 0.4) is 0 Å². The summed E-state index contributed by atoms with van der Waals surface area (Å²) in [6.45, 7) is 5.17. The second-order valence-electron chi connectivity index (χ2n) is 6.30. The molecule has 6 heteroatoms. The van der Waals surface area contributed by atoms with Crippen LogP contribution in [0.15, 0.2) is 48.5 Å². The minimum Gasteiger partial charge on any atom is -0.486 e. The van der Waals surface area contributed by atoms with Crippen LogP contribution in [0.1, 0.15) is 18.3 Å². The lowest BCUT2D eigenvalue weighted by Crippen LogP contribution is -2.15. The van der Waals surface area contributed by atoms with E-state index in [1.807, 2.05) is 43.3 Å². The van der Waals surface area contributed by atoms with Gasteiger partial charge in [-0.2, -0.15) is 0 Å². The summed E-state index contributed by atoms with van der Waals surface area (Å²) >= 11 is 0. The molecule has 0 aliphatic carbocycles. The molecule has 1 aliphatic heterocycles.